The third kappa shape index (κ3) is 3.70. The van der Waals surface area contributed by atoms with Gasteiger partial charge in [0, 0.05) is 23.7 Å². The minimum absolute atomic E-state index is 0.128. The van der Waals surface area contributed by atoms with E-state index < -0.39 is 0 Å². The van der Waals surface area contributed by atoms with E-state index >= 15 is 0 Å². The van der Waals surface area contributed by atoms with Crippen LogP contribution in [0, 0.1) is 0 Å². The zero-order valence-electron chi connectivity index (χ0n) is 13.8. The van der Waals surface area contributed by atoms with Crippen LogP contribution in [0.3, 0.4) is 0 Å². The zero-order chi connectivity index (χ0) is 17.6. The lowest BCUT2D eigenvalue weighted by Gasteiger charge is -2.20. The number of nitrogens with one attached hydrogen (secondary N) is 1. The van der Waals surface area contributed by atoms with E-state index in [2.05, 4.69) is 10.2 Å². The molecule has 25 heavy (non-hydrogen) atoms. The summed E-state index contributed by atoms with van der Waals surface area (Å²) in [4.78, 5) is 14.1. The number of aromatic nitrogens is 2. The summed E-state index contributed by atoms with van der Waals surface area (Å²) >= 11 is 0. The van der Waals surface area contributed by atoms with Crippen molar-refractivity contribution in [3.8, 4) is 5.75 Å². The molecule has 0 unspecified atom stereocenters. The summed E-state index contributed by atoms with van der Waals surface area (Å²) in [6.07, 6.45) is 3.14. The SMILES string of the molecule is COc1ccc(N(CCO)C(=O)/C=C/c2n[nH]c3ccccc23)cc1. The number of ether oxygens (including phenoxy) is 1. The van der Waals surface area contributed by atoms with E-state index in [9.17, 15) is 9.90 Å². The first-order chi connectivity index (χ1) is 12.2. The fourth-order valence-electron chi connectivity index (χ4n) is 2.58. The predicted octanol–water partition coefficient (Wildman–Crippen LogP) is 2.61. The van der Waals surface area contributed by atoms with E-state index in [4.69, 9.17) is 4.74 Å². The molecule has 0 aliphatic rings. The Morgan fingerprint density at radius 1 is 1.24 bits per heavy atom. The van der Waals surface area contributed by atoms with Gasteiger partial charge in [0.05, 0.1) is 24.9 Å². The van der Waals surface area contributed by atoms with Crippen molar-refractivity contribution in [2.45, 2.75) is 0 Å². The molecule has 0 saturated carbocycles. The molecule has 2 N–H and O–H groups in total. The third-order valence-corrected chi connectivity index (χ3v) is 3.86. The molecular formula is C19H19N3O3. The molecule has 6 nitrogen and oxygen atoms in total. The van der Waals surface area contributed by atoms with Crippen molar-refractivity contribution in [2.75, 3.05) is 25.2 Å². The quantitative estimate of drug-likeness (QED) is 0.678. The Hall–Kier alpha value is -3.12. The lowest BCUT2D eigenvalue weighted by atomic mass is 10.2. The van der Waals surface area contributed by atoms with Crippen molar-refractivity contribution in [3.63, 3.8) is 0 Å². The smallest absolute Gasteiger partial charge is 0.251 e. The largest absolute Gasteiger partial charge is 0.497 e. The highest BCUT2D eigenvalue weighted by Crippen LogP contribution is 2.20. The Bertz CT molecular complexity index is 884. The molecule has 0 atom stereocenters. The Kier molecular flexibility index (Phi) is 5.11. The molecule has 3 aromatic rings. The molecule has 1 heterocycles. The maximum atomic E-state index is 12.6. The van der Waals surface area contributed by atoms with Crippen LogP contribution in [0.4, 0.5) is 5.69 Å². The molecule has 0 radical (unpaired) electrons. The molecule has 0 spiro atoms. The number of fused-ring (bicyclic) bond motifs is 1. The first-order valence-corrected chi connectivity index (χ1v) is 7.90. The number of H-pyrrole nitrogens is 1. The van der Waals surface area contributed by atoms with Gasteiger partial charge in [-0.1, -0.05) is 18.2 Å². The normalized spacial score (nSPS) is 11.1. The van der Waals surface area contributed by atoms with Crippen molar-refractivity contribution < 1.29 is 14.6 Å². The number of aromatic amines is 1. The summed E-state index contributed by atoms with van der Waals surface area (Å²) in [5.74, 6) is 0.477. The van der Waals surface area contributed by atoms with Gasteiger partial charge < -0.3 is 14.7 Å². The maximum Gasteiger partial charge on any atom is 0.251 e. The van der Waals surface area contributed by atoms with Crippen LogP contribution in [0.5, 0.6) is 5.75 Å². The maximum absolute atomic E-state index is 12.6. The Morgan fingerprint density at radius 3 is 2.72 bits per heavy atom. The number of aliphatic hydroxyl groups excluding tert-OH is 1. The van der Waals surface area contributed by atoms with Crippen LogP contribution in [-0.2, 0) is 4.79 Å². The fourth-order valence-corrected chi connectivity index (χ4v) is 2.58. The van der Waals surface area contributed by atoms with E-state index in [0.29, 0.717) is 17.1 Å². The number of nitrogens with zero attached hydrogens (tertiary/aromatic N) is 2. The summed E-state index contributed by atoms with van der Waals surface area (Å²) in [5, 5.41) is 17.4. The summed E-state index contributed by atoms with van der Waals surface area (Å²) in [6, 6.07) is 14.8. The lowest BCUT2D eigenvalue weighted by molar-refractivity contribution is -0.114. The summed E-state index contributed by atoms with van der Waals surface area (Å²) in [7, 11) is 1.59. The van der Waals surface area contributed by atoms with Gasteiger partial charge >= 0.3 is 0 Å². The number of carbonyl (C=O) groups is 1. The second-order valence-corrected chi connectivity index (χ2v) is 5.40. The van der Waals surface area contributed by atoms with E-state index in [-0.39, 0.29) is 19.1 Å². The molecule has 1 aromatic heterocycles. The highest BCUT2D eigenvalue weighted by Gasteiger charge is 2.13. The van der Waals surface area contributed by atoms with Crippen LogP contribution in [0.25, 0.3) is 17.0 Å². The molecule has 0 aliphatic heterocycles. The standard InChI is InChI=1S/C19H19N3O3/c1-25-15-8-6-14(7-9-15)22(12-13-23)19(24)11-10-18-16-4-2-3-5-17(16)20-21-18/h2-11,23H,12-13H2,1H3,(H,20,21)/b11-10+. The molecule has 0 bridgehead atoms. The van der Waals surface area contributed by atoms with Crippen LogP contribution >= 0.6 is 0 Å². The Morgan fingerprint density at radius 2 is 2.00 bits per heavy atom. The summed E-state index contributed by atoms with van der Waals surface area (Å²) < 4.78 is 5.13. The Labute approximate surface area is 145 Å². The average Bonchev–Trinajstić information content (AvgIpc) is 3.07. The predicted molar refractivity (Wildman–Crippen MR) is 97.6 cm³/mol. The van der Waals surface area contributed by atoms with Gasteiger partial charge in [-0.05, 0) is 36.4 Å². The molecule has 6 heteroatoms. The minimum atomic E-state index is -0.230. The van der Waals surface area contributed by atoms with Crippen LogP contribution in [0.2, 0.25) is 0 Å². The van der Waals surface area contributed by atoms with E-state index in [1.807, 2.05) is 24.3 Å². The topological polar surface area (TPSA) is 78.5 Å². The number of methoxy groups -OCH3 is 1. The van der Waals surface area contributed by atoms with Gasteiger partial charge in [-0.3, -0.25) is 9.89 Å². The second-order valence-electron chi connectivity index (χ2n) is 5.40. The monoisotopic (exact) mass is 337 g/mol. The number of hydrogen-bond donors (Lipinski definition) is 2. The first kappa shape index (κ1) is 16.7. The summed E-state index contributed by atoms with van der Waals surface area (Å²) in [6.45, 7) is 0.0771. The molecule has 128 valence electrons. The van der Waals surface area contributed by atoms with Gasteiger partial charge in [0.15, 0.2) is 0 Å². The van der Waals surface area contributed by atoms with Crippen molar-refractivity contribution in [1.82, 2.24) is 10.2 Å². The molecule has 0 fully saturated rings. The van der Waals surface area contributed by atoms with Crippen molar-refractivity contribution in [2.24, 2.45) is 0 Å². The number of hydrogen-bond acceptors (Lipinski definition) is 4. The molecule has 2 aromatic carbocycles. The van der Waals surface area contributed by atoms with Crippen LogP contribution < -0.4 is 9.64 Å². The zero-order valence-corrected chi connectivity index (χ0v) is 13.8. The van der Waals surface area contributed by atoms with Crippen molar-refractivity contribution in [3.05, 3.63) is 60.3 Å². The van der Waals surface area contributed by atoms with Gasteiger partial charge in [-0.15, -0.1) is 0 Å². The van der Waals surface area contributed by atoms with Gasteiger partial charge in [0.25, 0.3) is 5.91 Å². The third-order valence-electron chi connectivity index (χ3n) is 3.86. The molecule has 0 aliphatic carbocycles. The summed E-state index contributed by atoms with van der Waals surface area (Å²) in [5.41, 5.74) is 2.30. The number of aliphatic hydroxyl groups is 1. The fraction of sp³-hybridized carbons (Fsp3) is 0.158. The molecule has 0 saturated heterocycles. The van der Waals surface area contributed by atoms with Gasteiger partial charge in [-0.2, -0.15) is 5.10 Å². The van der Waals surface area contributed by atoms with Gasteiger partial charge in [0.2, 0.25) is 0 Å². The molecule has 1 amide bonds. The van der Waals surface area contributed by atoms with Crippen molar-refractivity contribution in [1.29, 1.82) is 0 Å². The van der Waals surface area contributed by atoms with E-state index in [1.54, 1.807) is 37.5 Å². The number of benzene rings is 2. The Balaban J connectivity index is 1.82. The molecule has 3 rings (SSSR count). The lowest BCUT2D eigenvalue weighted by Crippen LogP contribution is -2.32. The van der Waals surface area contributed by atoms with Crippen LogP contribution in [0.15, 0.2) is 54.6 Å². The first-order valence-electron chi connectivity index (χ1n) is 7.90. The van der Waals surface area contributed by atoms with Gasteiger partial charge in [-0.25, -0.2) is 0 Å². The average molecular weight is 337 g/mol. The minimum Gasteiger partial charge on any atom is -0.497 e. The van der Waals surface area contributed by atoms with Gasteiger partial charge in [0.1, 0.15) is 5.75 Å². The van der Waals surface area contributed by atoms with Crippen LogP contribution in [0.1, 0.15) is 5.69 Å². The van der Waals surface area contributed by atoms with E-state index in [0.717, 1.165) is 10.9 Å². The van der Waals surface area contributed by atoms with Crippen molar-refractivity contribution >= 4 is 28.6 Å². The van der Waals surface area contributed by atoms with Crippen LogP contribution in [-0.4, -0.2) is 41.5 Å². The number of para-hydroxylation sites is 1. The highest BCUT2D eigenvalue weighted by atomic mass is 16.5. The van der Waals surface area contributed by atoms with E-state index in [1.165, 1.54) is 11.0 Å². The number of carbonyl (C=O) groups excluding carboxylic acids is 1. The second kappa shape index (κ2) is 7.63. The number of amides is 1. The number of anilines is 1. The highest BCUT2D eigenvalue weighted by molar-refractivity contribution is 6.04. The molecular weight excluding hydrogens is 318 g/mol. The number of rotatable bonds is 6.